The van der Waals surface area contributed by atoms with E-state index in [9.17, 15) is 14.9 Å². The fraction of sp³-hybridized carbons (Fsp3) is 0.500. The van der Waals surface area contributed by atoms with Crippen molar-refractivity contribution in [3.63, 3.8) is 0 Å². The van der Waals surface area contributed by atoms with Crippen LogP contribution < -0.4 is 9.47 Å². The summed E-state index contributed by atoms with van der Waals surface area (Å²) in [5.74, 6) is -0.198. The molecular weight excluding hydrogens is 406 g/mol. The zero-order valence-corrected chi connectivity index (χ0v) is 19.1. The molecule has 0 fully saturated rings. The number of nitro benzene ring substituents is 1. The Morgan fingerprint density at radius 3 is 2.12 bits per heavy atom. The van der Waals surface area contributed by atoms with Crippen molar-refractivity contribution < 1.29 is 19.2 Å². The highest BCUT2D eigenvalue weighted by molar-refractivity contribution is 5.76. The lowest BCUT2D eigenvalue weighted by atomic mass is 10.1. The Morgan fingerprint density at radius 2 is 1.50 bits per heavy atom. The molecule has 2 aromatic rings. The molecule has 0 heterocycles. The number of carbonyl (C=O) groups excluding carboxylic acids is 1. The maximum atomic E-state index is 12.2. The molecule has 174 valence electrons. The smallest absolute Gasteiger partial charge is 0.315 e. The Hall–Kier alpha value is -2.89. The van der Waals surface area contributed by atoms with Crippen LogP contribution in [0, 0.1) is 10.1 Å². The molecule has 0 saturated heterocycles. The van der Waals surface area contributed by atoms with Gasteiger partial charge in [-0.05, 0) is 24.1 Å². The van der Waals surface area contributed by atoms with E-state index in [4.69, 9.17) is 9.47 Å². The second-order valence-electron chi connectivity index (χ2n) is 8.05. The van der Waals surface area contributed by atoms with Gasteiger partial charge in [0.25, 0.3) is 0 Å². The molecule has 0 spiro atoms. The predicted molar refractivity (Wildman–Crippen MR) is 126 cm³/mol. The fourth-order valence-corrected chi connectivity index (χ4v) is 3.52. The molecule has 0 aromatic heterocycles. The van der Waals surface area contributed by atoms with Gasteiger partial charge in [0.1, 0.15) is 5.75 Å². The van der Waals surface area contributed by atoms with Crippen LogP contribution in [0.15, 0.2) is 48.5 Å². The molecule has 0 radical (unpaired) electrons. The van der Waals surface area contributed by atoms with Gasteiger partial charge in [0, 0.05) is 0 Å². The van der Waals surface area contributed by atoms with Crippen LogP contribution in [0.3, 0.4) is 0 Å². The van der Waals surface area contributed by atoms with E-state index in [1.165, 1.54) is 63.5 Å². The summed E-state index contributed by atoms with van der Waals surface area (Å²) in [6, 6.07) is 13.5. The van der Waals surface area contributed by atoms with Gasteiger partial charge in [0.05, 0.1) is 24.0 Å². The first-order valence-electron chi connectivity index (χ1n) is 11.8. The normalized spacial score (nSPS) is 10.7. The number of benzene rings is 2. The summed E-state index contributed by atoms with van der Waals surface area (Å²) in [6.45, 7) is 2.75. The first kappa shape index (κ1) is 25.4. The fourth-order valence-electron chi connectivity index (χ4n) is 3.52. The number of rotatable bonds is 16. The van der Waals surface area contributed by atoms with Gasteiger partial charge in [-0.3, -0.25) is 14.9 Å². The molecule has 6 nitrogen and oxygen atoms in total. The monoisotopic (exact) mass is 441 g/mol. The van der Waals surface area contributed by atoms with Gasteiger partial charge in [0.2, 0.25) is 5.75 Å². The molecule has 0 unspecified atom stereocenters. The maximum absolute atomic E-state index is 12.2. The Labute approximate surface area is 191 Å². The molecule has 0 aliphatic carbocycles. The lowest BCUT2D eigenvalue weighted by Crippen LogP contribution is -2.12. The third-order valence-corrected chi connectivity index (χ3v) is 5.31. The average Bonchev–Trinajstić information content (AvgIpc) is 2.78. The van der Waals surface area contributed by atoms with E-state index in [-0.39, 0.29) is 17.9 Å². The molecule has 0 bridgehead atoms. The van der Waals surface area contributed by atoms with Crippen molar-refractivity contribution >= 4 is 11.7 Å². The predicted octanol–water partition coefficient (Wildman–Crippen LogP) is 7.04. The summed E-state index contributed by atoms with van der Waals surface area (Å²) in [5, 5.41) is 11.4. The van der Waals surface area contributed by atoms with Gasteiger partial charge in [-0.25, -0.2) is 0 Å². The van der Waals surface area contributed by atoms with Crippen LogP contribution >= 0.6 is 0 Å². The minimum absolute atomic E-state index is 0.0506. The summed E-state index contributed by atoms with van der Waals surface area (Å²) in [5.41, 5.74) is 0.517. The molecule has 0 amide bonds. The molecule has 6 heteroatoms. The standard InChI is InChI=1S/C26H35NO5/c1-2-3-4-5-6-7-8-9-10-14-19-31-23-17-18-25(24(21-23)27(29)30)32-26(28)20-22-15-12-11-13-16-22/h11-13,15-18,21H,2-10,14,19-20H2,1H3. The topological polar surface area (TPSA) is 78.7 Å². The van der Waals surface area contributed by atoms with Gasteiger partial charge >= 0.3 is 11.7 Å². The molecule has 32 heavy (non-hydrogen) atoms. The molecule has 0 saturated carbocycles. The molecule has 0 aliphatic rings. The van der Waals surface area contributed by atoms with Crippen LogP contribution in [0.25, 0.3) is 0 Å². The van der Waals surface area contributed by atoms with Crippen molar-refractivity contribution in [2.24, 2.45) is 0 Å². The number of unbranched alkanes of at least 4 members (excludes halogenated alkanes) is 9. The second-order valence-corrected chi connectivity index (χ2v) is 8.05. The number of ether oxygens (including phenoxy) is 2. The Balaban J connectivity index is 1.71. The zero-order valence-electron chi connectivity index (χ0n) is 19.1. The van der Waals surface area contributed by atoms with Crippen molar-refractivity contribution in [3.05, 3.63) is 64.2 Å². The molecule has 0 aliphatic heterocycles. The number of nitrogens with zero attached hydrogens (tertiary/aromatic N) is 1. The Bertz CT molecular complexity index is 822. The van der Waals surface area contributed by atoms with Crippen LogP contribution in [0.4, 0.5) is 5.69 Å². The van der Waals surface area contributed by atoms with Crippen molar-refractivity contribution in [3.8, 4) is 11.5 Å². The highest BCUT2D eigenvalue weighted by Gasteiger charge is 2.19. The van der Waals surface area contributed by atoms with Crippen LogP contribution in [0.5, 0.6) is 11.5 Å². The third kappa shape index (κ3) is 9.94. The van der Waals surface area contributed by atoms with E-state index in [2.05, 4.69) is 6.92 Å². The van der Waals surface area contributed by atoms with E-state index >= 15 is 0 Å². The van der Waals surface area contributed by atoms with Crippen LogP contribution in [-0.4, -0.2) is 17.5 Å². The highest BCUT2D eigenvalue weighted by Crippen LogP contribution is 2.31. The SMILES string of the molecule is CCCCCCCCCCCCOc1ccc(OC(=O)Cc2ccccc2)c([N+](=O)[O-])c1. The molecular formula is C26H35NO5. The second kappa shape index (κ2) is 15.0. The third-order valence-electron chi connectivity index (χ3n) is 5.31. The minimum Gasteiger partial charge on any atom is -0.493 e. The summed E-state index contributed by atoms with van der Waals surface area (Å²) in [7, 11) is 0. The lowest BCUT2D eigenvalue weighted by Gasteiger charge is -2.09. The van der Waals surface area contributed by atoms with Crippen LogP contribution in [0.2, 0.25) is 0 Å². The number of hydrogen-bond acceptors (Lipinski definition) is 5. The summed E-state index contributed by atoms with van der Waals surface area (Å²) in [4.78, 5) is 23.0. The number of carbonyl (C=O) groups is 1. The molecule has 2 rings (SSSR count). The summed E-state index contributed by atoms with van der Waals surface area (Å²) in [6.07, 6.45) is 12.4. The maximum Gasteiger partial charge on any atom is 0.315 e. The van der Waals surface area contributed by atoms with Crippen molar-refractivity contribution in [2.75, 3.05) is 6.61 Å². The molecule has 0 atom stereocenters. The van der Waals surface area contributed by atoms with Crippen LogP contribution in [0.1, 0.15) is 76.7 Å². The zero-order chi connectivity index (χ0) is 23.0. The summed E-state index contributed by atoms with van der Waals surface area (Å²) >= 11 is 0. The number of esters is 1. The Morgan fingerprint density at radius 1 is 0.875 bits per heavy atom. The van der Waals surface area contributed by atoms with Crippen molar-refractivity contribution in [2.45, 2.75) is 77.6 Å². The van der Waals surface area contributed by atoms with Gasteiger partial charge in [-0.15, -0.1) is 0 Å². The van der Waals surface area contributed by atoms with E-state index in [0.717, 1.165) is 18.4 Å². The number of nitro groups is 1. The van der Waals surface area contributed by atoms with E-state index in [0.29, 0.717) is 12.4 Å². The first-order valence-corrected chi connectivity index (χ1v) is 11.8. The minimum atomic E-state index is -0.557. The van der Waals surface area contributed by atoms with Gasteiger partial charge in [0.15, 0.2) is 0 Å². The Kier molecular flexibility index (Phi) is 11.9. The van der Waals surface area contributed by atoms with Gasteiger partial charge in [-0.2, -0.15) is 0 Å². The quantitative estimate of drug-likeness (QED) is 0.0917. The average molecular weight is 442 g/mol. The highest BCUT2D eigenvalue weighted by atomic mass is 16.6. The molecule has 2 aromatic carbocycles. The largest absolute Gasteiger partial charge is 0.493 e. The van der Waals surface area contributed by atoms with Crippen molar-refractivity contribution in [1.82, 2.24) is 0 Å². The summed E-state index contributed by atoms with van der Waals surface area (Å²) < 4.78 is 10.9. The molecule has 0 N–H and O–H groups in total. The van der Waals surface area contributed by atoms with Gasteiger partial charge in [-0.1, -0.05) is 95.0 Å². The van der Waals surface area contributed by atoms with Crippen LogP contribution in [-0.2, 0) is 11.2 Å². The van der Waals surface area contributed by atoms with Crippen molar-refractivity contribution in [1.29, 1.82) is 0 Å². The lowest BCUT2D eigenvalue weighted by molar-refractivity contribution is -0.385. The van der Waals surface area contributed by atoms with Gasteiger partial charge < -0.3 is 9.47 Å². The van der Waals surface area contributed by atoms with E-state index in [1.807, 2.05) is 18.2 Å². The van der Waals surface area contributed by atoms with E-state index < -0.39 is 10.9 Å². The number of hydrogen-bond donors (Lipinski definition) is 0. The van der Waals surface area contributed by atoms with E-state index in [1.54, 1.807) is 18.2 Å². The first-order chi connectivity index (χ1) is 15.6.